The molecule has 0 fully saturated rings. The van der Waals surface area contributed by atoms with Gasteiger partial charge < -0.3 is 15.4 Å². The Morgan fingerprint density at radius 1 is 1.03 bits per heavy atom. The first-order chi connectivity index (χ1) is 15.8. The number of terminal acetylenes is 1. The van der Waals surface area contributed by atoms with Crippen molar-refractivity contribution >= 4 is 23.6 Å². The quantitative estimate of drug-likeness (QED) is 0.483. The molecule has 2 aromatic carbocycles. The maximum atomic E-state index is 13.5. The predicted octanol–water partition coefficient (Wildman–Crippen LogP) is 4.62. The highest BCUT2D eigenvalue weighted by Crippen LogP contribution is 2.26. The van der Waals surface area contributed by atoms with Gasteiger partial charge in [0.1, 0.15) is 17.7 Å². The number of para-hydroxylation sites is 1. The van der Waals surface area contributed by atoms with Gasteiger partial charge in [-0.1, -0.05) is 53.9 Å². The summed E-state index contributed by atoms with van der Waals surface area (Å²) < 4.78 is 5.24. The number of nitrogens with zero attached hydrogens (tertiary/aromatic N) is 1. The molecule has 0 aliphatic rings. The van der Waals surface area contributed by atoms with Gasteiger partial charge in [-0.25, -0.2) is 4.79 Å². The van der Waals surface area contributed by atoms with Gasteiger partial charge in [-0.05, 0) is 65.7 Å². The Bertz CT molecular complexity index is 1090. The molecule has 180 valence electrons. The normalized spacial score (nSPS) is 12.6. The van der Waals surface area contributed by atoms with Gasteiger partial charge in [0.25, 0.3) is 11.8 Å². The van der Waals surface area contributed by atoms with Crippen molar-refractivity contribution < 1.29 is 19.1 Å². The van der Waals surface area contributed by atoms with Crippen LogP contribution in [0.2, 0.25) is 0 Å². The van der Waals surface area contributed by atoms with Crippen LogP contribution in [-0.4, -0.2) is 34.5 Å². The van der Waals surface area contributed by atoms with Gasteiger partial charge >= 0.3 is 6.09 Å². The van der Waals surface area contributed by atoms with Gasteiger partial charge in [0, 0.05) is 11.7 Å². The van der Waals surface area contributed by atoms with Gasteiger partial charge in [-0.15, -0.1) is 0 Å². The molecule has 34 heavy (non-hydrogen) atoms. The monoisotopic (exact) mass is 463 g/mol. The standard InChI is InChI=1S/C27H33N3O4/c1-9-30(25(32)20(5)28-26(33)34-27(6,7)8)23(21-15-17(2)14-18(3)16-21)24(31)29-22-13-11-10-12-19(22)4/h1,10-16,20,23H,2-8H3,(H,28,33)(H,29,31). The molecule has 2 unspecified atom stereocenters. The highest BCUT2D eigenvalue weighted by atomic mass is 16.6. The number of benzene rings is 2. The number of amides is 3. The number of carbonyl (C=O) groups excluding carboxylic acids is 3. The van der Waals surface area contributed by atoms with Gasteiger partial charge in [-0.3, -0.25) is 14.5 Å². The van der Waals surface area contributed by atoms with Crippen LogP contribution in [0.15, 0.2) is 42.5 Å². The van der Waals surface area contributed by atoms with Crippen molar-refractivity contribution in [2.45, 2.75) is 66.2 Å². The Morgan fingerprint density at radius 2 is 1.62 bits per heavy atom. The fourth-order valence-corrected chi connectivity index (χ4v) is 3.52. The Morgan fingerprint density at radius 3 is 2.15 bits per heavy atom. The second-order valence-corrected chi connectivity index (χ2v) is 9.33. The Hall–Kier alpha value is -3.79. The van der Waals surface area contributed by atoms with Crippen molar-refractivity contribution in [3.05, 3.63) is 64.7 Å². The van der Waals surface area contributed by atoms with Crippen LogP contribution in [0.5, 0.6) is 0 Å². The second kappa shape index (κ2) is 10.9. The zero-order valence-corrected chi connectivity index (χ0v) is 20.9. The number of hydrogen-bond donors (Lipinski definition) is 2. The lowest BCUT2D eigenvalue weighted by Crippen LogP contribution is -2.49. The third kappa shape index (κ3) is 7.11. The first kappa shape index (κ1) is 26.5. The molecular weight excluding hydrogens is 430 g/mol. The Labute approximate surface area is 201 Å². The first-order valence-electron chi connectivity index (χ1n) is 11.1. The molecule has 0 aliphatic carbocycles. The molecule has 0 aliphatic heterocycles. The average Bonchev–Trinajstić information content (AvgIpc) is 2.70. The molecule has 0 saturated carbocycles. The number of hydrogen-bond acceptors (Lipinski definition) is 4. The number of aryl methyl sites for hydroxylation is 3. The second-order valence-electron chi connectivity index (χ2n) is 9.33. The van der Waals surface area contributed by atoms with Crippen LogP contribution in [0.1, 0.15) is 56.0 Å². The molecule has 0 aromatic heterocycles. The SMILES string of the molecule is C#CN(C(=O)C(C)NC(=O)OC(C)(C)C)C(C(=O)Nc1ccccc1C)c1cc(C)cc(C)c1. The smallest absolute Gasteiger partial charge is 0.408 e. The lowest BCUT2D eigenvalue weighted by Gasteiger charge is -2.29. The molecule has 2 rings (SSSR count). The van der Waals surface area contributed by atoms with Crippen LogP contribution < -0.4 is 10.6 Å². The van der Waals surface area contributed by atoms with Crippen molar-refractivity contribution in [3.8, 4) is 12.5 Å². The van der Waals surface area contributed by atoms with E-state index in [1.54, 1.807) is 26.8 Å². The van der Waals surface area contributed by atoms with Crippen molar-refractivity contribution in [1.29, 1.82) is 0 Å². The highest BCUT2D eigenvalue weighted by Gasteiger charge is 2.34. The number of nitrogens with one attached hydrogen (secondary N) is 2. The van der Waals surface area contributed by atoms with Crippen LogP contribution in [0, 0.1) is 33.2 Å². The van der Waals surface area contributed by atoms with E-state index in [1.165, 1.54) is 6.92 Å². The van der Waals surface area contributed by atoms with Gasteiger partial charge in [0.05, 0.1) is 0 Å². The van der Waals surface area contributed by atoms with E-state index in [4.69, 9.17) is 11.2 Å². The summed E-state index contributed by atoms with van der Waals surface area (Å²) in [6.07, 6.45) is 5.00. The molecule has 0 spiro atoms. The number of rotatable bonds is 6. The van der Waals surface area contributed by atoms with Gasteiger partial charge in [-0.2, -0.15) is 0 Å². The molecule has 0 bridgehead atoms. The van der Waals surface area contributed by atoms with Crippen molar-refractivity contribution in [2.75, 3.05) is 5.32 Å². The predicted molar refractivity (Wildman–Crippen MR) is 133 cm³/mol. The summed E-state index contributed by atoms with van der Waals surface area (Å²) in [5, 5.41) is 5.39. The third-order valence-corrected chi connectivity index (χ3v) is 4.95. The lowest BCUT2D eigenvalue weighted by molar-refractivity contribution is -0.136. The summed E-state index contributed by atoms with van der Waals surface area (Å²) in [4.78, 5) is 40.0. The summed E-state index contributed by atoms with van der Waals surface area (Å²) in [6.45, 7) is 12.3. The minimum absolute atomic E-state index is 0.463. The molecular formula is C27H33N3O4. The topological polar surface area (TPSA) is 87.7 Å². The maximum absolute atomic E-state index is 13.5. The zero-order valence-electron chi connectivity index (χ0n) is 20.9. The first-order valence-corrected chi connectivity index (χ1v) is 11.1. The van der Waals surface area contributed by atoms with Crippen LogP contribution in [0.25, 0.3) is 0 Å². The van der Waals surface area contributed by atoms with E-state index >= 15 is 0 Å². The summed E-state index contributed by atoms with van der Waals surface area (Å²) in [6, 6.07) is 13.2. The van der Waals surface area contributed by atoms with Crippen LogP contribution in [0.4, 0.5) is 10.5 Å². The van der Waals surface area contributed by atoms with E-state index in [2.05, 4.69) is 16.7 Å². The van der Waals surface area contributed by atoms with E-state index in [1.807, 2.05) is 57.2 Å². The minimum atomic E-state index is -1.11. The fourth-order valence-electron chi connectivity index (χ4n) is 3.52. The summed E-state index contributed by atoms with van der Waals surface area (Å²) in [5.41, 5.74) is 3.17. The Balaban J connectivity index is 2.42. The highest BCUT2D eigenvalue weighted by molar-refractivity contribution is 6.00. The molecule has 2 atom stereocenters. The summed E-state index contributed by atoms with van der Waals surface area (Å²) in [5.74, 6) is -1.08. The van der Waals surface area contributed by atoms with E-state index < -0.39 is 35.6 Å². The van der Waals surface area contributed by atoms with E-state index in [0.29, 0.717) is 11.3 Å². The molecule has 7 heteroatoms. The molecule has 7 nitrogen and oxygen atoms in total. The number of alkyl carbamates (subject to hydrolysis) is 1. The third-order valence-electron chi connectivity index (χ3n) is 4.95. The van der Waals surface area contributed by atoms with E-state index in [0.717, 1.165) is 21.6 Å². The summed E-state index contributed by atoms with van der Waals surface area (Å²) in [7, 11) is 0. The van der Waals surface area contributed by atoms with Crippen LogP contribution in [0.3, 0.4) is 0 Å². The maximum Gasteiger partial charge on any atom is 0.408 e. The van der Waals surface area contributed by atoms with Crippen molar-refractivity contribution in [1.82, 2.24) is 10.2 Å². The lowest BCUT2D eigenvalue weighted by atomic mass is 9.98. The zero-order chi connectivity index (χ0) is 25.6. The van der Waals surface area contributed by atoms with Crippen LogP contribution >= 0.6 is 0 Å². The number of anilines is 1. The van der Waals surface area contributed by atoms with E-state index in [-0.39, 0.29) is 0 Å². The van der Waals surface area contributed by atoms with Crippen molar-refractivity contribution in [2.24, 2.45) is 0 Å². The number of ether oxygens (including phenoxy) is 1. The Kier molecular flexibility index (Phi) is 8.47. The molecule has 0 radical (unpaired) electrons. The number of carbonyl (C=O) groups is 3. The molecule has 0 saturated heterocycles. The molecule has 2 N–H and O–H groups in total. The van der Waals surface area contributed by atoms with E-state index in [9.17, 15) is 14.4 Å². The molecule has 0 heterocycles. The molecule has 2 aromatic rings. The van der Waals surface area contributed by atoms with Gasteiger partial charge in [0.15, 0.2) is 0 Å². The van der Waals surface area contributed by atoms with Crippen LogP contribution in [-0.2, 0) is 14.3 Å². The van der Waals surface area contributed by atoms with Gasteiger partial charge in [0.2, 0.25) is 0 Å². The molecule has 3 amide bonds. The largest absolute Gasteiger partial charge is 0.444 e. The van der Waals surface area contributed by atoms with Crippen molar-refractivity contribution in [3.63, 3.8) is 0 Å². The summed E-state index contributed by atoms with van der Waals surface area (Å²) >= 11 is 0. The average molecular weight is 464 g/mol. The fraction of sp³-hybridized carbons (Fsp3) is 0.370. The minimum Gasteiger partial charge on any atom is -0.444 e.